The van der Waals surface area contributed by atoms with E-state index in [1.165, 1.54) is 11.8 Å². The van der Waals surface area contributed by atoms with Gasteiger partial charge in [-0.05, 0) is 19.1 Å². The Balaban J connectivity index is 3.09. The molecule has 0 aliphatic heterocycles. The second-order valence-corrected chi connectivity index (χ2v) is 4.17. The Bertz CT molecular complexity index is 387. The van der Waals surface area contributed by atoms with E-state index in [9.17, 15) is 0 Å². The Kier molecular flexibility index (Phi) is 4.86. The topological polar surface area (TPSA) is 49.6 Å². The normalized spacial score (nSPS) is 10.0. The zero-order valence-corrected chi connectivity index (χ0v) is 10.3. The molecule has 1 aromatic rings. The van der Waals surface area contributed by atoms with Crippen LogP contribution in [0.25, 0.3) is 0 Å². The molecule has 0 spiro atoms. The molecule has 80 valence electrons. The molecule has 5 heteroatoms. The summed E-state index contributed by atoms with van der Waals surface area (Å²) in [5.74, 6) is 0. The minimum Gasteiger partial charge on any atom is -0.226 e. The first-order chi connectivity index (χ1) is 7.22. The number of nitriles is 1. The van der Waals surface area contributed by atoms with Crippen LogP contribution in [0.15, 0.2) is 5.16 Å². The highest BCUT2D eigenvalue weighted by Gasteiger charge is 2.11. The van der Waals surface area contributed by atoms with Gasteiger partial charge in [0, 0.05) is 0 Å². The molecule has 0 saturated carbocycles. The molecule has 15 heavy (non-hydrogen) atoms. The van der Waals surface area contributed by atoms with Crippen molar-refractivity contribution in [2.45, 2.75) is 31.3 Å². The molecule has 0 N–H and O–H groups in total. The fourth-order valence-electron chi connectivity index (χ4n) is 1.18. The van der Waals surface area contributed by atoms with Crippen LogP contribution in [0.4, 0.5) is 0 Å². The lowest BCUT2D eigenvalue weighted by Gasteiger charge is -2.05. The quantitative estimate of drug-likeness (QED) is 0.462. The van der Waals surface area contributed by atoms with Crippen LogP contribution in [0.1, 0.15) is 31.0 Å². The van der Waals surface area contributed by atoms with Crippen molar-refractivity contribution < 1.29 is 0 Å². The number of aromatic nitrogens is 2. The molecule has 0 bridgehead atoms. The lowest BCUT2D eigenvalue weighted by atomic mass is 10.1. The third-order valence-corrected chi connectivity index (χ3v) is 2.80. The predicted molar refractivity (Wildman–Crippen MR) is 62.2 cm³/mol. The molecule has 3 nitrogen and oxygen atoms in total. The van der Waals surface area contributed by atoms with Crippen LogP contribution in [0.5, 0.6) is 0 Å². The van der Waals surface area contributed by atoms with E-state index in [1.807, 2.05) is 6.26 Å². The van der Waals surface area contributed by atoms with Crippen LogP contribution in [0.2, 0.25) is 5.15 Å². The SMILES string of the molecule is CCCCc1nc(SC)nc(Cl)c1C#N. The second kappa shape index (κ2) is 5.94. The average Bonchev–Trinajstić information content (AvgIpc) is 2.25. The fourth-order valence-corrected chi connectivity index (χ4v) is 1.85. The number of rotatable bonds is 4. The number of nitrogens with zero attached hydrogens (tertiary/aromatic N) is 3. The molecule has 0 saturated heterocycles. The molecule has 0 atom stereocenters. The van der Waals surface area contributed by atoms with E-state index >= 15 is 0 Å². The van der Waals surface area contributed by atoms with Gasteiger partial charge in [-0.2, -0.15) is 5.26 Å². The van der Waals surface area contributed by atoms with Crippen molar-refractivity contribution in [3.05, 3.63) is 16.4 Å². The Labute approximate surface area is 98.9 Å². The summed E-state index contributed by atoms with van der Waals surface area (Å²) in [4.78, 5) is 8.33. The van der Waals surface area contributed by atoms with E-state index in [2.05, 4.69) is 23.0 Å². The number of hydrogen-bond donors (Lipinski definition) is 0. The minimum atomic E-state index is 0.267. The average molecular weight is 242 g/mol. The summed E-state index contributed by atoms with van der Waals surface area (Å²) in [6, 6.07) is 2.06. The van der Waals surface area contributed by atoms with E-state index in [4.69, 9.17) is 16.9 Å². The summed E-state index contributed by atoms with van der Waals surface area (Å²) in [7, 11) is 0. The Hall–Kier alpha value is -0.790. The summed E-state index contributed by atoms with van der Waals surface area (Å²) in [6.07, 6.45) is 4.76. The van der Waals surface area contributed by atoms with E-state index in [-0.39, 0.29) is 5.15 Å². The van der Waals surface area contributed by atoms with Crippen molar-refractivity contribution in [2.24, 2.45) is 0 Å². The maximum absolute atomic E-state index is 8.94. The molecule has 1 rings (SSSR count). The van der Waals surface area contributed by atoms with Crippen molar-refractivity contribution in [3.8, 4) is 6.07 Å². The molecule has 0 aliphatic rings. The third kappa shape index (κ3) is 3.08. The van der Waals surface area contributed by atoms with Gasteiger partial charge in [-0.1, -0.05) is 36.7 Å². The minimum absolute atomic E-state index is 0.267. The summed E-state index contributed by atoms with van der Waals surface area (Å²) in [6.45, 7) is 2.10. The molecular formula is C10H12ClN3S. The number of aryl methyl sites for hydroxylation is 1. The van der Waals surface area contributed by atoms with Crippen LogP contribution in [0, 0.1) is 11.3 Å². The van der Waals surface area contributed by atoms with Crippen LogP contribution in [0.3, 0.4) is 0 Å². The lowest BCUT2D eigenvalue weighted by molar-refractivity contribution is 0.754. The van der Waals surface area contributed by atoms with Gasteiger partial charge in [-0.25, -0.2) is 9.97 Å². The highest BCUT2D eigenvalue weighted by Crippen LogP contribution is 2.21. The molecule has 0 aromatic carbocycles. The first-order valence-corrected chi connectivity index (χ1v) is 6.33. The third-order valence-electron chi connectivity index (χ3n) is 1.98. The van der Waals surface area contributed by atoms with Crippen molar-refractivity contribution in [1.82, 2.24) is 9.97 Å². The van der Waals surface area contributed by atoms with Crippen molar-refractivity contribution >= 4 is 23.4 Å². The second-order valence-electron chi connectivity index (χ2n) is 3.04. The van der Waals surface area contributed by atoms with Gasteiger partial charge in [0.1, 0.15) is 11.6 Å². The largest absolute Gasteiger partial charge is 0.226 e. The molecule has 0 amide bonds. The molecule has 1 aromatic heterocycles. The van der Waals surface area contributed by atoms with E-state index in [0.29, 0.717) is 10.7 Å². The van der Waals surface area contributed by atoms with E-state index in [0.717, 1.165) is 25.0 Å². The fraction of sp³-hybridized carbons (Fsp3) is 0.500. The van der Waals surface area contributed by atoms with Gasteiger partial charge in [0.25, 0.3) is 0 Å². The van der Waals surface area contributed by atoms with Crippen LogP contribution in [-0.2, 0) is 6.42 Å². The van der Waals surface area contributed by atoms with Gasteiger partial charge in [-0.3, -0.25) is 0 Å². The summed E-state index contributed by atoms with van der Waals surface area (Å²) >= 11 is 7.34. The van der Waals surface area contributed by atoms with Crippen LogP contribution in [-0.4, -0.2) is 16.2 Å². The first kappa shape index (κ1) is 12.3. The predicted octanol–water partition coefficient (Wildman–Crippen LogP) is 3.07. The number of hydrogen-bond acceptors (Lipinski definition) is 4. The molecule has 1 heterocycles. The van der Waals surface area contributed by atoms with Gasteiger partial charge in [-0.15, -0.1) is 0 Å². The highest BCUT2D eigenvalue weighted by atomic mass is 35.5. The highest BCUT2D eigenvalue weighted by molar-refractivity contribution is 7.98. The van der Waals surface area contributed by atoms with Gasteiger partial charge in [0.2, 0.25) is 0 Å². The Morgan fingerprint density at radius 1 is 1.47 bits per heavy atom. The zero-order valence-electron chi connectivity index (χ0n) is 8.75. The monoisotopic (exact) mass is 241 g/mol. The molecule has 0 aliphatic carbocycles. The van der Waals surface area contributed by atoms with Crippen LogP contribution < -0.4 is 0 Å². The van der Waals surface area contributed by atoms with Crippen molar-refractivity contribution in [1.29, 1.82) is 5.26 Å². The molecular weight excluding hydrogens is 230 g/mol. The standard InChI is InChI=1S/C10H12ClN3S/c1-3-4-5-8-7(6-12)9(11)14-10(13-8)15-2/h3-5H2,1-2H3. The smallest absolute Gasteiger partial charge is 0.189 e. The van der Waals surface area contributed by atoms with Gasteiger partial charge in [0.05, 0.1) is 5.69 Å². The molecule has 0 radical (unpaired) electrons. The Morgan fingerprint density at radius 3 is 2.73 bits per heavy atom. The van der Waals surface area contributed by atoms with Gasteiger partial charge in [0.15, 0.2) is 10.3 Å². The number of halogens is 1. The van der Waals surface area contributed by atoms with E-state index in [1.54, 1.807) is 0 Å². The van der Waals surface area contributed by atoms with Crippen molar-refractivity contribution in [2.75, 3.05) is 6.26 Å². The van der Waals surface area contributed by atoms with Gasteiger partial charge >= 0.3 is 0 Å². The number of thioether (sulfide) groups is 1. The summed E-state index contributed by atoms with van der Waals surface area (Å²) < 4.78 is 0. The summed E-state index contributed by atoms with van der Waals surface area (Å²) in [5, 5.41) is 9.84. The maximum atomic E-state index is 8.94. The maximum Gasteiger partial charge on any atom is 0.189 e. The van der Waals surface area contributed by atoms with Crippen molar-refractivity contribution in [3.63, 3.8) is 0 Å². The first-order valence-electron chi connectivity index (χ1n) is 4.73. The zero-order chi connectivity index (χ0) is 11.3. The lowest BCUT2D eigenvalue weighted by Crippen LogP contribution is -2.00. The summed E-state index contributed by atoms with van der Waals surface area (Å²) in [5.41, 5.74) is 1.19. The Morgan fingerprint density at radius 2 is 2.20 bits per heavy atom. The van der Waals surface area contributed by atoms with Gasteiger partial charge < -0.3 is 0 Å². The molecule has 0 unspecified atom stereocenters. The molecule has 0 fully saturated rings. The van der Waals surface area contributed by atoms with Crippen LogP contribution >= 0.6 is 23.4 Å². The van der Waals surface area contributed by atoms with E-state index < -0.39 is 0 Å². The number of unbranched alkanes of at least 4 members (excludes halogenated alkanes) is 1.